The fourth-order valence-electron chi connectivity index (χ4n) is 3.10. The van der Waals surface area contributed by atoms with Gasteiger partial charge in [0.1, 0.15) is 10.8 Å². The number of aryl methyl sites for hydroxylation is 1. The molecule has 0 bridgehead atoms. The summed E-state index contributed by atoms with van der Waals surface area (Å²) in [4.78, 5) is 18.2. The molecule has 2 N–H and O–H groups in total. The molecule has 0 radical (unpaired) electrons. The number of amides is 1. The van der Waals surface area contributed by atoms with Gasteiger partial charge in [0.15, 0.2) is 5.76 Å². The summed E-state index contributed by atoms with van der Waals surface area (Å²) in [6.45, 7) is 2.11. The average molecular weight is 404 g/mol. The average Bonchev–Trinajstić information content (AvgIpc) is 3.44. The smallest absolute Gasteiger partial charge is 0.291 e. The monoisotopic (exact) mass is 403 g/mol. The van der Waals surface area contributed by atoms with Crippen molar-refractivity contribution in [3.8, 4) is 0 Å². The number of carbonyl (C=O) groups is 1. The van der Waals surface area contributed by atoms with Gasteiger partial charge in [-0.15, -0.1) is 11.3 Å². The van der Waals surface area contributed by atoms with E-state index >= 15 is 0 Å². The number of nitrogens with one attached hydrogen (secondary N) is 2. The largest absolute Gasteiger partial charge is 0.459 e. The third-order valence-electron chi connectivity index (χ3n) is 4.53. The Labute approximate surface area is 173 Å². The van der Waals surface area contributed by atoms with Gasteiger partial charge in [0, 0.05) is 16.6 Å². The summed E-state index contributed by atoms with van der Waals surface area (Å²) in [7, 11) is 0. The van der Waals surface area contributed by atoms with E-state index in [9.17, 15) is 4.79 Å². The van der Waals surface area contributed by atoms with Crippen molar-refractivity contribution in [2.75, 3.05) is 10.6 Å². The van der Waals surface area contributed by atoms with E-state index < -0.39 is 0 Å². The standard InChI is InChI=1S/C23H21N3O2S/c1-2-17-15-18(23(29-17)26-22(27)19-11-8-14-28-19)21(16-9-4-3-5-10-16)25-20-12-6-7-13-24-20/h3-15,21H,2H2,1H3,(H,24,25)(H,26,27)/t21-/m1/s1. The van der Waals surface area contributed by atoms with Crippen molar-refractivity contribution < 1.29 is 9.21 Å². The van der Waals surface area contributed by atoms with Crippen molar-refractivity contribution in [1.29, 1.82) is 0 Å². The van der Waals surface area contributed by atoms with Gasteiger partial charge < -0.3 is 15.1 Å². The Balaban J connectivity index is 1.73. The number of hydrogen-bond donors (Lipinski definition) is 2. The lowest BCUT2D eigenvalue weighted by molar-refractivity contribution is 0.0997. The SMILES string of the molecule is CCc1cc([C@H](Nc2ccccn2)c2ccccc2)c(NC(=O)c2ccco2)s1. The van der Waals surface area contributed by atoms with Gasteiger partial charge in [0.2, 0.25) is 0 Å². The number of pyridine rings is 1. The number of benzene rings is 1. The van der Waals surface area contributed by atoms with Crippen LogP contribution in [-0.2, 0) is 6.42 Å². The molecule has 3 aromatic heterocycles. The molecule has 0 aliphatic rings. The zero-order chi connectivity index (χ0) is 20.1. The zero-order valence-electron chi connectivity index (χ0n) is 16.0. The molecule has 5 nitrogen and oxygen atoms in total. The van der Waals surface area contributed by atoms with Crippen LogP contribution in [0.2, 0.25) is 0 Å². The molecule has 6 heteroatoms. The summed E-state index contributed by atoms with van der Waals surface area (Å²) in [5.74, 6) is 0.802. The maximum Gasteiger partial charge on any atom is 0.291 e. The molecule has 1 aromatic carbocycles. The molecule has 0 spiro atoms. The quantitative estimate of drug-likeness (QED) is 0.412. The summed E-state index contributed by atoms with van der Waals surface area (Å²) in [6.07, 6.45) is 4.14. The van der Waals surface area contributed by atoms with Crippen molar-refractivity contribution in [2.45, 2.75) is 19.4 Å². The number of hydrogen-bond acceptors (Lipinski definition) is 5. The van der Waals surface area contributed by atoms with Gasteiger partial charge in [-0.1, -0.05) is 43.3 Å². The minimum Gasteiger partial charge on any atom is -0.459 e. The third-order valence-corrected chi connectivity index (χ3v) is 5.74. The van der Waals surface area contributed by atoms with Gasteiger partial charge >= 0.3 is 0 Å². The lowest BCUT2D eigenvalue weighted by atomic mass is 9.99. The van der Waals surface area contributed by atoms with Gasteiger partial charge in [-0.3, -0.25) is 4.79 Å². The minimum atomic E-state index is -0.259. The number of thiophene rings is 1. The summed E-state index contributed by atoms with van der Waals surface area (Å²) >= 11 is 1.58. The van der Waals surface area contributed by atoms with Crippen LogP contribution in [0.3, 0.4) is 0 Å². The topological polar surface area (TPSA) is 67.2 Å². The predicted molar refractivity (Wildman–Crippen MR) is 117 cm³/mol. The number of aromatic nitrogens is 1. The van der Waals surface area contributed by atoms with E-state index in [2.05, 4.69) is 40.7 Å². The summed E-state index contributed by atoms with van der Waals surface area (Å²) in [5, 5.41) is 7.35. The predicted octanol–water partition coefficient (Wildman–Crippen LogP) is 5.75. The van der Waals surface area contributed by atoms with Crippen molar-refractivity contribution in [1.82, 2.24) is 4.98 Å². The molecule has 1 atom stereocenters. The molecule has 0 saturated heterocycles. The van der Waals surface area contributed by atoms with Crippen LogP contribution in [-0.4, -0.2) is 10.9 Å². The first kappa shape index (κ1) is 19.0. The zero-order valence-corrected chi connectivity index (χ0v) is 16.8. The molecule has 0 unspecified atom stereocenters. The highest BCUT2D eigenvalue weighted by Gasteiger charge is 2.23. The lowest BCUT2D eigenvalue weighted by Crippen LogP contribution is -2.16. The normalized spacial score (nSPS) is 11.8. The summed E-state index contributed by atoms with van der Waals surface area (Å²) in [5.41, 5.74) is 2.09. The van der Waals surface area contributed by atoms with E-state index in [0.717, 1.165) is 28.4 Å². The maximum atomic E-state index is 12.6. The molecule has 4 aromatic rings. The van der Waals surface area contributed by atoms with Crippen LogP contribution in [0.4, 0.5) is 10.8 Å². The van der Waals surface area contributed by atoms with Gasteiger partial charge in [0.25, 0.3) is 5.91 Å². The molecule has 1 amide bonds. The van der Waals surface area contributed by atoms with E-state index in [0.29, 0.717) is 0 Å². The molecule has 4 rings (SSSR count). The van der Waals surface area contributed by atoms with Gasteiger partial charge in [-0.2, -0.15) is 0 Å². The number of nitrogens with zero attached hydrogens (tertiary/aromatic N) is 1. The van der Waals surface area contributed by atoms with Crippen LogP contribution in [0.15, 0.2) is 83.6 Å². The lowest BCUT2D eigenvalue weighted by Gasteiger charge is -2.21. The van der Waals surface area contributed by atoms with Crippen molar-refractivity contribution in [2.24, 2.45) is 0 Å². The Morgan fingerprint density at radius 2 is 1.93 bits per heavy atom. The molecular weight excluding hydrogens is 382 g/mol. The van der Waals surface area contributed by atoms with E-state index in [1.54, 1.807) is 29.7 Å². The van der Waals surface area contributed by atoms with Crippen molar-refractivity contribution in [3.63, 3.8) is 0 Å². The van der Waals surface area contributed by atoms with Crippen LogP contribution in [0.5, 0.6) is 0 Å². The highest BCUT2D eigenvalue weighted by molar-refractivity contribution is 7.16. The van der Waals surface area contributed by atoms with Crippen molar-refractivity contribution in [3.05, 3.63) is 101 Å². The van der Waals surface area contributed by atoms with Gasteiger partial charge in [-0.25, -0.2) is 4.98 Å². The first-order valence-electron chi connectivity index (χ1n) is 9.44. The first-order valence-corrected chi connectivity index (χ1v) is 10.3. The number of rotatable bonds is 7. The van der Waals surface area contributed by atoms with E-state index in [1.807, 2.05) is 36.4 Å². The van der Waals surface area contributed by atoms with Crippen LogP contribution in [0.25, 0.3) is 0 Å². The Kier molecular flexibility index (Phi) is 5.72. The number of furan rings is 1. The molecule has 29 heavy (non-hydrogen) atoms. The fourth-order valence-corrected chi connectivity index (χ4v) is 4.13. The van der Waals surface area contributed by atoms with E-state index in [4.69, 9.17) is 4.42 Å². The second kappa shape index (κ2) is 8.75. The van der Waals surface area contributed by atoms with Crippen LogP contribution in [0, 0.1) is 0 Å². The summed E-state index contributed by atoms with van der Waals surface area (Å²) in [6, 6.07) is 21.3. The van der Waals surface area contributed by atoms with Crippen LogP contribution < -0.4 is 10.6 Å². The van der Waals surface area contributed by atoms with Crippen molar-refractivity contribution >= 4 is 28.1 Å². The van der Waals surface area contributed by atoms with Crippen LogP contribution >= 0.6 is 11.3 Å². The minimum absolute atomic E-state index is 0.158. The molecule has 0 aliphatic heterocycles. The number of anilines is 2. The van der Waals surface area contributed by atoms with Gasteiger partial charge in [0.05, 0.1) is 12.3 Å². The Bertz CT molecular complexity index is 1060. The van der Waals surface area contributed by atoms with E-state index in [1.165, 1.54) is 11.1 Å². The van der Waals surface area contributed by atoms with E-state index in [-0.39, 0.29) is 17.7 Å². The molecule has 3 heterocycles. The van der Waals surface area contributed by atoms with Crippen LogP contribution in [0.1, 0.15) is 39.5 Å². The second-order valence-electron chi connectivity index (χ2n) is 6.49. The first-order chi connectivity index (χ1) is 14.2. The molecule has 0 aliphatic carbocycles. The maximum absolute atomic E-state index is 12.6. The molecule has 0 saturated carbocycles. The Hall–Kier alpha value is -3.38. The highest BCUT2D eigenvalue weighted by atomic mass is 32.1. The molecular formula is C23H21N3O2S. The second-order valence-corrected chi connectivity index (χ2v) is 7.62. The third kappa shape index (κ3) is 4.38. The Morgan fingerprint density at radius 1 is 1.10 bits per heavy atom. The molecule has 0 fully saturated rings. The molecule has 146 valence electrons. The highest BCUT2D eigenvalue weighted by Crippen LogP contribution is 2.38. The fraction of sp³-hybridized carbons (Fsp3) is 0.130. The van der Waals surface area contributed by atoms with Gasteiger partial charge in [-0.05, 0) is 42.3 Å². The Morgan fingerprint density at radius 3 is 2.62 bits per heavy atom. The number of carbonyl (C=O) groups excluding carboxylic acids is 1. The summed E-state index contributed by atoms with van der Waals surface area (Å²) < 4.78 is 5.25.